The minimum Gasteiger partial charge on any atom is -0.456 e. The van der Waals surface area contributed by atoms with Gasteiger partial charge in [0.05, 0.1) is 19.8 Å². The van der Waals surface area contributed by atoms with Gasteiger partial charge >= 0.3 is 0 Å². The van der Waals surface area contributed by atoms with E-state index in [2.05, 4.69) is 32.6 Å². The fourth-order valence-electron chi connectivity index (χ4n) is 2.76. The molecule has 1 aliphatic rings. The van der Waals surface area contributed by atoms with Crippen LogP contribution in [0.4, 0.5) is 0 Å². The lowest BCUT2D eigenvalue weighted by molar-refractivity contribution is -0.133. The maximum atomic E-state index is 11.3. The number of hydrogen-bond donors (Lipinski definition) is 0. The van der Waals surface area contributed by atoms with Crippen LogP contribution in [0.5, 0.6) is 0 Å². The molecule has 0 aliphatic carbocycles. The van der Waals surface area contributed by atoms with Gasteiger partial charge in [-0.25, -0.2) is 0 Å². The number of hydrogen-bond acceptors (Lipinski definition) is 5. The summed E-state index contributed by atoms with van der Waals surface area (Å²) in [6.45, 7) is 10.4. The Bertz CT molecular complexity index is 500. The number of morpholine rings is 1. The molecule has 0 bridgehead atoms. The van der Waals surface area contributed by atoms with Gasteiger partial charge < -0.3 is 9.15 Å². The molecule has 0 radical (unpaired) electrons. The van der Waals surface area contributed by atoms with Crippen molar-refractivity contribution in [3.05, 3.63) is 23.7 Å². The van der Waals surface area contributed by atoms with E-state index < -0.39 is 5.78 Å². The first-order valence-electron chi connectivity index (χ1n) is 6.70. The predicted octanol–water partition coefficient (Wildman–Crippen LogP) is 2.05. The molecule has 1 aromatic heterocycles. The second-order valence-electron chi connectivity index (χ2n) is 6.45. The van der Waals surface area contributed by atoms with Gasteiger partial charge in [-0.1, -0.05) is 0 Å². The van der Waals surface area contributed by atoms with Crippen LogP contribution in [0.2, 0.25) is 0 Å². The number of Topliss-reactive ketones (excluding diaryl/α,β-unsaturated/α-hetero) is 1. The first-order valence-corrected chi connectivity index (χ1v) is 6.70. The van der Waals surface area contributed by atoms with Gasteiger partial charge in [-0.2, -0.15) is 0 Å². The Morgan fingerprint density at radius 1 is 1.25 bits per heavy atom. The van der Waals surface area contributed by atoms with Crippen LogP contribution in [0.15, 0.2) is 16.5 Å². The van der Waals surface area contributed by atoms with Crippen molar-refractivity contribution in [2.45, 2.75) is 45.3 Å². The van der Waals surface area contributed by atoms with Gasteiger partial charge in [0.2, 0.25) is 0 Å². The van der Waals surface area contributed by atoms with Gasteiger partial charge in [0.15, 0.2) is 12.0 Å². The molecule has 2 rings (SSSR count). The first kappa shape index (κ1) is 14.9. The minimum absolute atomic E-state index is 0.0962. The van der Waals surface area contributed by atoms with Gasteiger partial charge in [-0.3, -0.25) is 14.5 Å². The van der Waals surface area contributed by atoms with E-state index in [4.69, 9.17) is 9.15 Å². The van der Waals surface area contributed by atoms with Crippen LogP contribution in [0, 0.1) is 0 Å². The summed E-state index contributed by atoms with van der Waals surface area (Å²) in [4.78, 5) is 24.1. The molecule has 2 heterocycles. The highest BCUT2D eigenvalue weighted by Gasteiger charge is 2.42. The van der Waals surface area contributed by atoms with Gasteiger partial charge in [-0.05, 0) is 39.8 Å². The fourth-order valence-corrected chi connectivity index (χ4v) is 2.76. The molecule has 20 heavy (non-hydrogen) atoms. The molecule has 0 amide bonds. The largest absolute Gasteiger partial charge is 0.456 e. The lowest BCUT2D eigenvalue weighted by Crippen LogP contribution is -2.62. The summed E-state index contributed by atoms with van der Waals surface area (Å²) < 4.78 is 11.1. The van der Waals surface area contributed by atoms with Crippen LogP contribution < -0.4 is 0 Å². The van der Waals surface area contributed by atoms with Crippen LogP contribution in [-0.2, 0) is 16.1 Å². The van der Waals surface area contributed by atoms with Crippen LogP contribution in [0.1, 0.15) is 44.0 Å². The van der Waals surface area contributed by atoms with Gasteiger partial charge in [0, 0.05) is 11.1 Å². The van der Waals surface area contributed by atoms with Crippen LogP contribution >= 0.6 is 0 Å². The number of carbonyl (C=O) groups excluding carboxylic acids is 2. The monoisotopic (exact) mass is 279 g/mol. The molecule has 0 unspecified atom stereocenters. The molecule has 1 fully saturated rings. The van der Waals surface area contributed by atoms with Crippen LogP contribution in [0.25, 0.3) is 0 Å². The third kappa shape index (κ3) is 2.83. The summed E-state index contributed by atoms with van der Waals surface area (Å²) in [5, 5.41) is 0. The quantitative estimate of drug-likeness (QED) is 0.479. The topological polar surface area (TPSA) is 59.8 Å². The molecule has 1 aliphatic heterocycles. The summed E-state index contributed by atoms with van der Waals surface area (Å²) >= 11 is 0. The Labute approximate surface area is 118 Å². The summed E-state index contributed by atoms with van der Waals surface area (Å²) in [6, 6.07) is 3.30. The second kappa shape index (κ2) is 5.14. The van der Waals surface area contributed by atoms with Crippen molar-refractivity contribution in [2.24, 2.45) is 0 Å². The van der Waals surface area contributed by atoms with Crippen molar-refractivity contribution < 1.29 is 18.7 Å². The SMILES string of the molecule is CC1(C)COCC(C)(C)N1Cc1ccc(C(=O)C=O)o1. The van der Waals surface area contributed by atoms with E-state index in [1.54, 1.807) is 12.1 Å². The average molecular weight is 279 g/mol. The zero-order valence-electron chi connectivity index (χ0n) is 12.4. The molecule has 5 nitrogen and oxygen atoms in total. The van der Waals surface area contributed by atoms with E-state index in [-0.39, 0.29) is 23.1 Å². The lowest BCUT2D eigenvalue weighted by Gasteiger charge is -2.52. The smallest absolute Gasteiger partial charge is 0.260 e. The first-order chi connectivity index (χ1) is 9.26. The average Bonchev–Trinajstić information content (AvgIpc) is 2.81. The van der Waals surface area contributed by atoms with Crippen molar-refractivity contribution in [2.75, 3.05) is 13.2 Å². The maximum absolute atomic E-state index is 11.3. The molecule has 0 spiro atoms. The van der Waals surface area contributed by atoms with E-state index in [1.807, 2.05) is 0 Å². The maximum Gasteiger partial charge on any atom is 0.260 e. The minimum atomic E-state index is -0.628. The fraction of sp³-hybridized carbons (Fsp3) is 0.600. The Kier molecular flexibility index (Phi) is 3.84. The number of ether oxygens (including phenoxy) is 1. The highest BCUT2D eigenvalue weighted by Crippen LogP contribution is 2.32. The molecule has 1 aromatic rings. The standard InChI is InChI=1S/C15H21NO4/c1-14(2)9-19-10-15(3,4)16(14)7-11-5-6-13(20-11)12(18)8-17/h5-6,8H,7,9-10H2,1-4H3. The number of aldehydes is 1. The Morgan fingerprint density at radius 3 is 2.40 bits per heavy atom. The number of rotatable bonds is 4. The Morgan fingerprint density at radius 2 is 1.85 bits per heavy atom. The molecule has 1 saturated heterocycles. The van der Waals surface area contributed by atoms with E-state index in [0.717, 1.165) is 0 Å². The zero-order chi connectivity index (χ0) is 15.0. The molecule has 0 aromatic carbocycles. The molecule has 5 heteroatoms. The molecule has 0 saturated carbocycles. The predicted molar refractivity (Wildman–Crippen MR) is 73.6 cm³/mol. The molecule has 0 N–H and O–H groups in total. The third-order valence-corrected chi connectivity index (χ3v) is 3.70. The zero-order valence-corrected chi connectivity index (χ0v) is 12.4. The number of furan rings is 1. The van der Waals surface area contributed by atoms with Crippen molar-refractivity contribution in [3.8, 4) is 0 Å². The summed E-state index contributed by atoms with van der Waals surface area (Å²) in [6.07, 6.45) is 0.269. The van der Waals surface area contributed by atoms with E-state index in [9.17, 15) is 9.59 Å². The van der Waals surface area contributed by atoms with Crippen molar-refractivity contribution in [1.82, 2.24) is 4.90 Å². The normalized spacial score (nSPS) is 21.6. The molecule has 110 valence electrons. The van der Waals surface area contributed by atoms with E-state index in [1.165, 1.54) is 0 Å². The van der Waals surface area contributed by atoms with Crippen molar-refractivity contribution in [1.29, 1.82) is 0 Å². The molecule has 0 atom stereocenters. The van der Waals surface area contributed by atoms with Gasteiger partial charge in [0.1, 0.15) is 5.76 Å². The van der Waals surface area contributed by atoms with Crippen molar-refractivity contribution in [3.63, 3.8) is 0 Å². The van der Waals surface area contributed by atoms with E-state index in [0.29, 0.717) is 25.5 Å². The van der Waals surface area contributed by atoms with Gasteiger partial charge in [0.25, 0.3) is 5.78 Å². The summed E-state index contributed by atoms with van der Waals surface area (Å²) in [7, 11) is 0. The number of nitrogens with zero attached hydrogens (tertiary/aromatic N) is 1. The number of ketones is 1. The highest BCUT2D eigenvalue weighted by atomic mass is 16.5. The van der Waals surface area contributed by atoms with Crippen LogP contribution in [-0.4, -0.2) is 41.3 Å². The second-order valence-corrected chi connectivity index (χ2v) is 6.45. The van der Waals surface area contributed by atoms with E-state index >= 15 is 0 Å². The van der Waals surface area contributed by atoms with Gasteiger partial charge in [-0.15, -0.1) is 0 Å². The molecular formula is C15H21NO4. The lowest BCUT2D eigenvalue weighted by atomic mass is 9.91. The van der Waals surface area contributed by atoms with Crippen molar-refractivity contribution >= 4 is 12.1 Å². The number of carbonyl (C=O) groups is 2. The third-order valence-electron chi connectivity index (χ3n) is 3.70. The molecular weight excluding hydrogens is 258 g/mol. The summed E-state index contributed by atoms with van der Waals surface area (Å²) in [5.74, 6) is 0.147. The Balaban J connectivity index is 2.20. The van der Waals surface area contributed by atoms with Crippen LogP contribution in [0.3, 0.4) is 0 Å². The summed E-state index contributed by atoms with van der Waals surface area (Å²) in [5.41, 5.74) is -0.243. The highest BCUT2D eigenvalue weighted by molar-refractivity contribution is 6.32. The Hall–Kier alpha value is -1.46.